The second-order valence-electron chi connectivity index (χ2n) is 4.26. The van der Waals surface area contributed by atoms with Crippen molar-refractivity contribution < 1.29 is 9.84 Å². The first kappa shape index (κ1) is 10.5. The van der Waals surface area contributed by atoms with Gasteiger partial charge in [0.25, 0.3) is 0 Å². The van der Waals surface area contributed by atoms with Crippen LogP contribution >= 0.6 is 0 Å². The molecule has 0 amide bonds. The molecule has 1 saturated carbocycles. The summed E-state index contributed by atoms with van der Waals surface area (Å²) in [6, 6.07) is 8.19. The van der Waals surface area contributed by atoms with Gasteiger partial charge >= 0.3 is 0 Å². The van der Waals surface area contributed by atoms with Crippen molar-refractivity contribution in [2.24, 2.45) is 5.92 Å². The fourth-order valence-electron chi connectivity index (χ4n) is 2.49. The lowest BCUT2D eigenvalue weighted by Crippen LogP contribution is -2.38. The Hall–Kier alpha value is -1.02. The monoisotopic (exact) mass is 206 g/mol. The van der Waals surface area contributed by atoms with Gasteiger partial charge < -0.3 is 9.84 Å². The van der Waals surface area contributed by atoms with E-state index < -0.39 is 0 Å². The molecule has 1 fully saturated rings. The summed E-state index contributed by atoms with van der Waals surface area (Å²) in [6.07, 6.45) is 1.83. The lowest BCUT2D eigenvalue weighted by atomic mass is 9.66. The third kappa shape index (κ3) is 1.86. The predicted molar refractivity (Wildman–Crippen MR) is 60.1 cm³/mol. The van der Waals surface area contributed by atoms with Crippen molar-refractivity contribution in [1.82, 2.24) is 0 Å². The minimum Gasteiger partial charge on any atom is -0.497 e. The Morgan fingerprint density at radius 1 is 1.47 bits per heavy atom. The molecule has 1 aromatic carbocycles. The Bertz CT molecular complexity index is 335. The lowest BCUT2D eigenvalue weighted by molar-refractivity contribution is -0.000783. The number of hydrogen-bond donors (Lipinski definition) is 1. The summed E-state index contributed by atoms with van der Waals surface area (Å²) >= 11 is 0. The van der Waals surface area contributed by atoms with Crippen molar-refractivity contribution in [2.75, 3.05) is 7.11 Å². The zero-order valence-corrected chi connectivity index (χ0v) is 9.31. The number of aliphatic hydroxyl groups excluding tert-OH is 1. The Morgan fingerprint density at radius 3 is 2.87 bits per heavy atom. The fraction of sp³-hybridized carbons (Fsp3) is 0.538. The van der Waals surface area contributed by atoms with Crippen molar-refractivity contribution >= 4 is 0 Å². The topological polar surface area (TPSA) is 29.5 Å². The summed E-state index contributed by atoms with van der Waals surface area (Å²) < 4.78 is 5.21. The van der Waals surface area contributed by atoms with Gasteiger partial charge in [-0.15, -0.1) is 0 Å². The van der Waals surface area contributed by atoms with Gasteiger partial charge in [0.1, 0.15) is 5.75 Å². The summed E-state index contributed by atoms with van der Waals surface area (Å²) in [5.41, 5.74) is 1.30. The van der Waals surface area contributed by atoms with Crippen molar-refractivity contribution in [3.05, 3.63) is 29.8 Å². The molecule has 15 heavy (non-hydrogen) atoms. The van der Waals surface area contributed by atoms with Crippen LogP contribution in [0.3, 0.4) is 0 Å². The quantitative estimate of drug-likeness (QED) is 0.823. The van der Waals surface area contributed by atoms with Gasteiger partial charge in [-0.05, 0) is 36.0 Å². The van der Waals surface area contributed by atoms with Crippen LogP contribution < -0.4 is 4.74 Å². The average molecular weight is 206 g/mol. The van der Waals surface area contributed by atoms with E-state index >= 15 is 0 Å². The molecule has 0 heterocycles. The van der Waals surface area contributed by atoms with Gasteiger partial charge in [0, 0.05) is 0 Å². The van der Waals surface area contributed by atoms with Gasteiger partial charge in [-0.2, -0.15) is 0 Å². The third-order valence-corrected chi connectivity index (χ3v) is 3.50. The number of hydrogen-bond acceptors (Lipinski definition) is 2. The molecule has 1 N–H and O–H groups in total. The van der Waals surface area contributed by atoms with Gasteiger partial charge in [-0.3, -0.25) is 0 Å². The number of aliphatic hydroxyl groups is 1. The van der Waals surface area contributed by atoms with Gasteiger partial charge in [0.05, 0.1) is 13.2 Å². The van der Waals surface area contributed by atoms with E-state index in [1.807, 2.05) is 12.1 Å². The third-order valence-electron chi connectivity index (χ3n) is 3.50. The van der Waals surface area contributed by atoms with Gasteiger partial charge in [-0.1, -0.05) is 25.5 Å². The maximum absolute atomic E-state index is 9.63. The Labute approximate surface area is 90.9 Å². The molecule has 1 aliphatic rings. The van der Waals surface area contributed by atoms with E-state index in [0.29, 0.717) is 11.8 Å². The highest BCUT2D eigenvalue weighted by atomic mass is 16.5. The Balaban J connectivity index is 2.16. The molecular formula is C13H18O2. The maximum atomic E-state index is 9.63. The van der Waals surface area contributed by atoms with Crippen LogP contribution in [0.15, 0.2) is 24.3 Å². The number of ether oxygens (including phenoxy) is 1. The first-order valence-electron chi connectivity index (χ1n) is 5.58. The van der Waals surface area contributed by atoms with E-state index in [9.17, 15) is 5.11 Å². The highest BCUT2D eigenvalue weighted by molar-refractivity contribution is 5.32. The van der Waals surface area contributed by atoms with Crippen molar-refractivity contribution in [3.8, 4) is 5.75 Å². The molecule has 0 aliphatic heterocycles. The summed E-state index contributed by atoms with van der Waals surface area (Å²) in [5.74, 6) is 1.85. The van der Waals surface area contributed by atoms with E-state index in [1.165, 1.54) is 5.56 Å². The van der Waals surface area contributed by atoms with Crippen LogP contribution in [0.25, 0.3) is 0 Å². The number of rotatable bonds is 3. The molecule has 1 aliphatic carbocycles. The van der Waals surface area contributed by atoms with Crippen LogP contribution in [-0.4, -0.2) is 18.3 Å². The summed E-state index contributed by atoms with van der Waals surface area (Å²) in [7, 11) is 1.69. The van der Waals surface area contributed by atoms with Crippen LogP contribution in [-0.2, 0) is 0 Å². The van der Waals surface area contributed by atoms with E-state index in [2.05, 4.69) is 19.1 Å². The highest BCUT2D eigenvalue weighted by Gasteiger charge is 2.39. The molecule has 2 heteroatoms. The summed E-state index contributed by atoms with van der Waals surface area (Å²) in [6.45, 7) is 2.14. The largest absolute Gasteiger partial charge is 0.497 e. The normalized spacial score (nSPS) is 29.7. The van der Waals surface area contributed by atoms with E-state index in [-0.39, 0.29) is 6.10 Å². The molecule has 2 nitrogen and oxygen atoms in total. The number of benzene rings is 1. The molecule has 0 saturated heterocycles. The molecule has 0 bridgehead atoms. The highest BCUT2D eigenvalue weighted by Crippen LogP contribution is 2.45. The maximum Gasteiger partial charge on any atom is 0.119 e. The smallest absolute Gasteiger partial charge is 0.119 e. The Morgan fingerprint density at radius 2 is 2.27 bits per heavy atom. The number of methoxy groups -OCH3 is 1. The molecule has 0 aromatic heterocycles. The second-order valence-corrected chi connectivity index (χ2v) is 4.26. The summed E-state index contributed by atoms with van der Waals surface area (Å²) in [4.78, 5) is 0. The molecule has 3 atom stereocenters. The summed E-state index contributed by atoms with van der Waals surface area (Å²) in [5, 5.41) is 9.63. The van der Waals surface area contributed by atoms with E-state index in [4.69, 9.17) is 4.74 Å². The molecule has 0 spiro atoms. The van der Waals surface area contributed by atoms with Crippen LogP contribution in [0.4, 0.5) is 0 Å². The van der Waals surface area contributed by atoms with Crippen molar-refractivity contribution in [1.29, 1.82) is 0 Å². The first-order valence-corrected chi connectivity index (χ1v) is 5.58. The fourth-order valence-corrected chi connectivity index (χ4v) is 2.49. The van der Waals surface area contributed by atoms with E-state index in [1.54, 1.807) is 7.11 Å². The molecule has 82 valence electrons. The average Bonchev–Trinajstić information content (AvgIpc) is 2.26. The SMILES string of the molecule is CCC1C(O)CC1c1cccc(OC)c1. The van der Waals surface area contributed by atoms with Crippen LogP contribution in [0, 0.1) is 5.92 Å². The molecule has 2 rings (SSSR count). The van der Waals surface area contributed by atoms with Gasteiger partial charge in [0.2, 0.25) is 0 Å². The van der Waals surface area contributed by atoms with Crippen LogP contribution in [0.2, 0.25) is 0 Å². The standard InChI is InChI=1S/C13H18O2/c1-3-11-12(8-13(11)14)9-5-4-6-10(7-9)15-2/h4-7,11-14H,3,8H2,1-2H3. The van der Waals surface area contributed by atoms with Gasteiger partial charge in [-0.25, -0.2) is 0 Å². The lowest BCUT2D eigenvalue weighted by Gasteiger charge is -2.41. The van der Waals surface area contributed by atoms with Crippen molar-refractivity contribution in [2.45, 2.75) is 31.8 Å². The minimum atomic E-state index is -0.105. The van der Waals surface area contributed by atoms with E-state index in [0.717, 1.165) is 18.6 Å². The molecule has 1 aromatic rings. The second kappa shape index (κ2) is 4.23. The first-order chi connectivity index (χ1) is 7.26. The Kier molecular flexibility index (Phi) is 2.96. The zero-order valence-electron chi connectivity index (χ0n) is 9.31. The molecule has 0 radical (unpaired) electrons. The zero-order chi connectivity index (χ0) is 10.8. The minimum absolute atomic E-state index is 0.105. The van der Waals surface area contributed by atoms with Crippen LogP contribution in [0.5, 0.6) is 5.75 Å². The van der Waals surface area contributed by atoms with Crippen molar-refractivity contribution in [3.63, 3.8) is 0 Å². The molecular weight excluding hydrogens is 188 g/mol. The van der Waals surface area contributed by atoms with Gasteiger partial charge in [0.15, 0.2) is 0 Å². The molecule has 3 unspecified atom stereocenters. The van der Waals surface area contributed by atoms with Crippen LogP contribution in [0.1, 0.15) is 31.2 Å². The predicted octanol–water partition coefficient (Wildman–Crippen LogP) is 2.57.